The predicted octanol–water partition coefficient (Wildman–Crippen LogP) is 4.38. The van der Waals surface area contributed by atoms with Crippen LogP contribution in [0.5, 0.6) is 17.2 Å². The second-order valence-corrected chi connectivity index (χ2v) is 6.01. The zero-order valence-electron chi connectivity index (χ0n) is 14.8. The number of methoxy groups -OCH3 is 2. The molecule has 0 heterocycles. The van der Waals surface area contributed by atoms with Crippen LogP contribution in [0.4, 0.5) is 5.69 Å². The quantitative estimate of drug-likeness (QED) is 0.793. The van der Waals surface area contributed by atoms with E-state index < -0.39 is 0 Å². The van der Waals surface area contributed by atoms with Gasteiger partial charge in [-0.25, -0.2) is 0 Å². The highest BCUT2D eigenvalue weighted by Gasteiger charge is 2.13. The molecular weight excluding hydrogens is 342 g/mol. The Morgan fingerprint density at radius 1 is 1.04 bits per heavy atom. The second-order valence-electron chi connectivity index (χ2n) is 5.60. The summed E-state index contributed by atoms with van der Waals surface area (Å²) < 4.78 is 16.1. The van der Waals surface area contributed by atoms with Crippen molar-refractivity contribution in [1.82, 2.24) is 0 Å². The number of hydrogen-bond donors (Lipinski definition) is 1. The molecule has 1 N–H and O–H groups in total. The molecule has 1 amide bonds. The Balaban J connectivity index is 1.97. The van der Waals surface area contributed by atoms with Crippen LogP contribution in [-0.2, 0) is 4.79 Å². The van der Waals surface area contributed by atoms with E-state index in [-0.39, 0.29) is 18.9 Å². The molecule has 5 nitrogen and oxygen atoms in total. The Kier molecular flexibility index (Phi) is 6.53. The van der Waals surface area contributed by atoms with E-state index in [4.69, 9.17) is 25.8 Å². The molecule has 0 fully saturated rings. The van der Waals surface area contributed by atoms with E-state index in [0.717, 1.165) is 16.9 Å². The van der Waals surface area contributed by atoms with E-state index in [1.54, 1.807) is 12.1 Å². The first-order valence-corrected chi connectivity index (χ1v) is 8.23. The van der Waals surface area contributed by atoms with Crippen LogP contribution in [0.3, 0.4) is 0 Å². The molecule has 2 aromatic carbocycles. The van der Waals surface area contributed by atoms with Crippen LogP contribution in [0.2, 0.25) is 5.02 Å². The molecule has 0 aliphatic carbocycles. The molecule has 6 heteroatoms. The standard InChI is InChI=1S/C19H22ClNO4/c1-12-5-6-13(2)16(9-12)25-8-7-19(22)21-15-11-17(23-3)14(20)10-18(15)24-4/h5-6,9-11H,7-8H2,1-4H3,(H,21,22). The zero-order chi connectivity index (χ0) is 18.4. The summed E-state index contributed by atoms with van der Waals surface area (Å²) in [6.07, 6.45) is 0.210. The number of rotatable bonds is 7. The highest BCUT2D eigenvalue weighted by atomic mass is 35.5. The molecule has 0 bridgehead atoms. The first-order valence-electron chi connectivity index (χ1n) is 7.86. The van der Waals surface area contributed by atoms with Gasteiger partial charge in [-0.2, -0.15) is 0 Å². The van der Waals surface area contributed by atoms with Gasteiger partial charge in [0.1, 0.15) is 17.2 Å². The van der Waals surface area contributed by atoms with Gasteiger partial charge in [0.05, 0.1) is 38.0 Å². The molecule has 2 rings (SSSR count). The van der Waals surface area contributed by atoms with Crippen molar-refractivity contribution in [1.29, 1.82) is 0 Å². The van der Waals surface area contributed by atoms with Gasteiger partial charge < -0.3 is 19.5 Å². The van der Waals surface area contributed by atoms with Crippen molar-refractivity contribution in [3.8, 4) is 17.2 Å². The molecule has 0 saturated heterocycles. The van der Waals surface area contributed by atoms with Crippen LogP contribution in [0, 0.1) is 13.8 Å². The van der Waals surface area contributed by atoms with Gasteiger partial charge in [-0.1, -0.05) is 23.7 Å². The van der Waals surface area contributed by atoms with E-state index >= 15 is 0 Å². The molecule has 0 atom stereocenters. The third-order valence-electron chi connectivity index (χ3n) is 3.68. The average molecular weight is 364 g/mol. The molecule has 134 valence electrons. The maximum atomic E-state index is 12.2. The summed E-state index contributed by atoms with van der Waals surface area (Å²) in [7, 11) is 3.02. The maximum Gasteiger partial charge on any atom is 0.227 e. The van der Waals surface area contributed by atoms with Crippen LogP contribution in [0.25, 0.3) is 0 Å². The van der Waals surface area contributed by atoms with Crippen LogP contribution < -0.4 is 19.5 Å². The van der Waals surface area contributed by atoms with E-state index in [1.165, 1.54) is 14.2 Å². The van der Waals surface area contributed by atoms with Crippen LogP contribution >= 0.6 is 11.6 Å². The molecular formula is C19H22ClNO4. The van der Waals surface area contributed by atoms with Crippen molar-refractivity contribution in [2.24, 2.45) is 0 Å². The van der Waals surface area contributed by atoms with Crippen molar-refractivity contribution >= 4 is 23.2 Å². The number of anilines is 1. The monoisotopic (exact) mass is 363 g/mol. The topological polar surface area (TPSA) is 56.8 Å². The lowest BCUT2D eigenvalue weighted by Gasteiger charge is -2.14. The Morgan fingerprint density at radius 3 is 2.44 bits per heavy atom. The highest BCUT2D eigenvalue weighted by Crippen LogP contribution is 2.35. The number of carbonyl (C=O) groups is 1. The van der Waals surface area contributed by atoms with Gasteiger partial charge >= 0.3 is 0 Å². The minimum Gasteiger partial charge on any atom is -0.495 e. The van der Waals surface area contributed by atoms with Crippen molar-refractivity contribution in [2.45, 2.75) is 20.3 Å². The largest absolute Gasteiger partial charge is 0.495 e. The first kappa shape index (κ1) is 18.9. The number of benzene rings is 2. The minimum atomic E-state index is -0.187. The van der Waals surface area contributed by atoms with Gasteiger partial charge in [-0.15, -0.1) is 0 Å². The molecule has 0 saturated carbocycles. The van der Waals surface area contributed by atoms with Crippen LogP contribution in [-0.4, -0.2) is 26.7 Å². The van der Waals surface area contributed by atoms with Crippen molar-refractivity contribution < 1.29 is 19.0 Å². The second kappa shape index (κ2) is 8.62. The maximum absolute atomic E-state index is 12.2. The van der Waals surface area contributed by atoms with Crippen LogP contribution in [0.1, 0.15) is 17.5 Å². The van der Waals surface area contributed by atoms with E-state index in [1.807, 2.05) is 32.0 Å². The fraction of sp³-hybridized carbons (Fsp3) is 0.316. The lowest BCUT2D eigenvalue weighted by atomic mass is 10.1. The number of amides is 1. The molecule has 0 aliphatic rings. The van der Waals surface area contributed by atoms with E-state index in [9.17, 15) is 4.79 Å². The van der Waals surface area contributed by atoms with Gasteiger partial charge in [0.2, 0.25) is 5.91 Å². The lowest BCUT2D eigenvalue weighted by Crippen LogP contribution is -2.16. The lowest BCUT2D eigenvalue weighted by molar-refractivity contribution is -0.116. The third kappa shape index (κ3) is 5.03. The Morgan fingerprint density at radius 2 is 1.76 bits per heavy atom. The number of ether oxygens (including phenoxy) is 3. The Bertz CT molecular complexity index is 761. The normalized spacial score (nSPS) is 10.3. The molecule has 0 unspecified atom stereocenters. The molecule has 0 aromatic heterocycles. The summed E-state index contributed by atoms with van der Waals surface area (Å²) in [5, 5.41) is 3.21. The Hall–Kier alpha value is -2.40. The molecule has 0 spiro atoms. The van der Waals surface area contributed by atoms with Crippen molar-refractivity contribution in [2.75, 3.05) is 26.1 Å². The fourth-order valence-corrected chi connectivity index (χ4v) is 2.52. The van der Waals surface area contributed by atoms with E-state index in [0.29, 0.717) is 22.2 Å². The van der Waals surface area contributed by atoms with Gasteiger partial charge in [0, 0.05) is 12.1 Å². The van der Waals surface area contributed by atoms with Gasteiger partial charge in [0.15, 0.2) is 0 Å². The molecule has 0 aliphatic heterocycles. The number of halogens is 1. The number of nitrogens with one attached hydrogen (secondary N) is 1. The highest BCUT2D eigenvalue weighted by molar-refractivity contribution is 6.32. The van der Waals surface area contributed by atoms with Crippen molar-refractivity contribution in [3.05, 3.63) is 46.5 Å². The summed E-state index contributed by atoms with van der Waals surface area (Å²) in [5.74, 6) is 1.53. The summed E-state index contributed by atoms with van der Waals surface area (Å²) in [4.78, 5) is 12.2. The van der Waals surface area contributed by atoms with Gasteiger partial charge in [-0.3, -0.25) is 4.79 Å². The van der Waals surface area contributed by atoms with Crippen molar-refractivity contribution in [3.63, 3.8) is 0 Å². The number of carbonyl (C=O) groups excluding carboxylic acids is 1. The smallest absolute Gasteiger partial charge is 0.227 e. The SMILES string of the molecule is COc1cc(NC(=O)CCOc2cc(C)ccc2C)c(OC)cc1Cl. The predicted molar refractivity (Wildman–Crippen MR) is 99.2 cm³/mol. The molecule has 0 radical (unpaired) electrons. The summed E-state index contributed by atoms with van der Waals surface area (Å²) in [5.41, 5.74) is 2.65. The molecule has 2 aromatic rings. The molecule has 25 heavy (non-hydrogen) atoms. The summed E-state index contributed by atoms with van der Waals surface area (Å²) >= 11 is 6.06. The fourth-order valence-electron chi connectivity index (χ4n) is 2.29. The third-order valence-corrected chi connectivity index (χ3v) is 3.97. The van der Waals surface area contributed by atoms with Gasteiger partial charge in [-0.05, 0) is 31.0 Å². The zero-order valence-corrected chi connectivity index (χ0v) is 15.6. The van der Waals surface area contributed by atoms with E-state index in [2.05, 4.69) is 5.32 Å². The van der Waals surface area contributed by atoms with Crippen LogP contribution in [0.15, 0.2) is 30.3 Å². The average Bonchev–Trinajstić information content (AvgIpc) is 2.59. The minimum absolute atomic E-state index is 0.187. The first-order chi connectivity index (χ1) is 11.9. The Labute approximate surface area is 152 Å². The van der Waals surface area contributed by atoms with Gasteiger partial charge in [0.25, 0.3) is 0 Å². The number of hydrogen-bond acceptors (Lipinski definition) is 4. The summed E-state index contributed by atoms with van der Waals surface area (Å²) in [6.45, 7) is 4.25. The summed E-state index contributed by atoms with van der Waals surface area (Å²) in [6, 6.07) is 9.21. The number of aryl methyl sites for hydroxylation is 2.